The molecule has 0 aliphatic heterocycles. The van der Waals surface area contributed by atoms with Gasteiger partial charge in [0.2, 0.25) is 5.78 Å². The predicted molar refractivity (Wildman–Crippen MR) is 119 cm³/mol. The van der Waals surface area contributed by atoms with E-state index < -0.39 is 19.8 Å². The summed E-state index contributed by atoms with van der Waals surface area (Å²) in [6.07, 6.45) is 6.32. The second-order valence-electron chi connectivity index (χ2n) is 10.7. The van der Waals surface area contributed by atoms with E-state index in [4.69, 9.17) is 8.84 Å². The first-order valence-electron chi connectivity index (χ1n) is 10.8. The van der Waals surface area contributed by atoms with E-state index in [0.717, 1.165) is 46.2 Å². The number of benzene rings is 1. The van der Waals surface area contributed by atoms with Crippen molar-refractivity contribution in [3.05, 3.63) is 63.6 Å². The highest BCUT2D eigenvalue weighted by Gasteiger charge is 2.51. The summed E-state index contributed by atoms with van der Waals surface area (Å²) in [6.45, 7) is 13.3. The molecule has 1 aromatic heterocycles. The van der Waals surface area contributed by atoms with Gasteiger partial charge in [-0.05, 0) is 54.6 Å². The maximum Gasteiger partial charge on any atom is 0.229 e. The average Bonchev–Trinajstić information content (AvgIpc) is 3.27. The van der Waals surface area contributed by atoms with Crippen LogP contribution in [-0.4, -0.2) is 25.3 Å². The molecule has 2 unspecified atom stereocenters. The van der Waals surface area contributed by atoms with Gasteiger partial charge in [0.15, 0.2) is 14.1 Å². The number of carbonyl (C=O) groups excluding carboxylic acids is 1. The lowest BCUT2D eigenvalue weighted by Gasteiger charge is -2.41. The molecule has 3 aliphatic carbocycles. The van der Waals surface area contributed by atoms with Crippen molar-refractivity contribution in [3.63, 3.8) is 0 Å². The fraction of sp³-hybridized carbons (Fsp3) is 0.480. The van der Waals surface area contributed by atoms with Crippen LogP contribution in [0.2, 0.25) is 18.1 Å². The Morgan fingerprint density at radius 2 is 2.00 bits per heavy atom. The Kier molecular flexibility index (Phi) is 4.03. The maximum atomic E-state index is 13.5. The van der Waals surface area contributed by atoms with E-state index in [0.29, 0.717) is 5.76 Å². The minimum Gasteiger partial charge on any atom is -0.460 e. The van der Waals surface area contributed by atoms with E-state index in [1.165, 1.54) is 0 Å². The highest BCUT2D eigenvalue weighted by molar-refractivity contribution is 6.74. The summed E-state index contributed by atoms with van der Waals surface area (Å²) in [4.78, 5) is 13.5. The predicted octanol–water partition coefficient (Wildman–Crippen LogP) is 5.53. The van der Waals surface area contributed by atoms with Gasteiger partial charge in [0, 0.05) is 16.7 Å². The summed E-state index contributed by atoms with van der Waals surface area (Å²) in [7, 11) is -1.93. The summed E-state index contributed by atoms with van der Waals surface area (Å²) in [5, 5.41) is 11.1. The van der Waals surface area contributed by atoms with Gasteiger partial charge in [0.1, 0.15) is 0 Å². The van der Waals surface area contributed by atoms with Crippen molar-refractivity contribution >= 4 is 20.2 Å². The highest BCUT2D eigenvalue weighted by Crippen LogP contribution is 2.52. The number of hydrogen-bond donors (Lipinski definition) is 1. The van der Waals surface area contributed by atoms with Gasteiger partial charge in [0.05, 0.1) is 23.9 Å². The summed E-state index contributed by atoms with van der Waals surface area (Å²) >= 11 is 0. The molecule has 3 aliphatic rings. The molecule has 2 aromatic rings. The first-order chi connectivity index (χ1) is 14.0. The third kappa shape index (κ3) is 2.43. The standard InChI is InChI=1S/C25H30O4Si/c1-24(2,3)30(5,6)29-18-11-9-16-15(18)8-10-17-20(16)22(27)23-21-14(13-28-23)7-12-19(26)25(17,21)4/h7-8,10,12-13,18-19,26H,9,11H2,1-6H3/t18?,19-,25?/m0/s1. The molecule has 158 valence electrons. The molecular weight excluding hydrogens is 392 g/mol. The summed E-state index contributed by atoms with van der Waals surface area (Å²) in [5.41, 5.74) is 4.87. The van der Waals surface area contributed by atoms with Crippen LogP contribution in [0.4, 0.5) is 0 Å². The Hall–Kier alpha value is -1.95. The van der Waals surface area contributed by atoms with Crippen LogP contribution in [0.5, 0.6) is 0 Å². The van der Waals surface area contributed by atoms with Crippen molar-refractivity contribution in [1.82, 2.24) is 0 Å². The molecule has 0 bridgehead atoms. The number of rotatable bonds is 2. The van der Waals surface area contributed by atoms with Crippen molar-refractivity contribution in [2.24, 2.45) is 0 Å². The van der Waals surface area contributed by atoms with Gasteiger partial charge in [0.25, 0.3) is 0 Å². The Morgan fingerprint density at radius 1 is 1.27 bits per heavy atom. The van der Waals surface area contributed by atoms with Gasteiger partial charge in [-0.25, -0.2) is 0 Å². The number of aliphatic hydroxyl groups excluding tert-OH is 1. The lowest BCUT2D eigenvalue weighted by atomic mass is 9.62. The van der Waals surface area contributed by atoms with Crippen LogP contribution in [0.3, 0.4) is 0 Å². The molecular formula is C25H30O4Si. The number of fused-ring (bicyclic) bond motifs is 4. The first kappa shape index (κ1) is 20.0. The summed E-state index contributed by atoms with van der Waals surface area (Å²) < 4.78 is 12.5. The minimum atomic E-state index is -1.93. The van der Waals surface area contributed by atoms with Crippen LogP contribution in [-0.2, 0) is 16.3 Å². The molecule has 0 fully saturated rings. The largest absolute Gasteiger partial charge is 0.460 e. The van der Waals surface area contributed by atoms with E-state index in [2.05, 4.69) is 39.9 Å². The topological polar surface area (TPSA) is 59.7 Å². The molecule has 0 radical (unpaired) electrons. The van der Waals surface area contributed by atoms with E-state index in [9.17, 15) is 9.90 Å². The van der Waals surface area contributed by atoms with Crippen LogP contribution in [0.15, 0.2) is 28.9 Å². The molecule has 5 rings (SSSR count). The van der Waals surface area contributed by atoms with Gasteiger partial charge in [-0.1, -0.05) is 45.1 Å². The van der Waals surface area contributed by atoms with E-state index in [1.807, 2.05) is 19.1 Å². The lowest BCUT2D eigenvalue weighted by molar-refractivity contribution is 0.0980. The third-order valence-corrected chi connectivity index (χ3v) is 12.5. The first-order valence-corrected chi connectivity index (χ1v) is 13.7. The van der Waals surface area contributed by atoms with Gasteiger partial charge < -0.3 is 13.9 Å². The SMILES string of the molecule is CC12c3ccc4c(c3C(=O)c3occ(c31)C=C[C@@H]2O)CCC4O[Si](C)(C)C(C)(C)C. The zero-order valence-corrected chi connectivity index (χ0v) is 19.6. The van der Waals surface area contributed by atoms with Crippen molar-refractivity contribution in [1.29, 1.82) is 0 Å². The molecule has 0 saturated heterocycles. The number of ketones is 1. The Balaban J connectivity index is 1.65. The van der Waals surface area contributed by atoms with E-state index >= 15 is 0 Å². The number of hydrogen-bond acceptors (Lipinski definition) is 4. The van der Waals surface area contributed by atoms with Crippen LogP contribution >= 0.6 is 0 Å². The molecule has 1 heterocycles. The van der Waals surface area contributed by atoms with Crippen LogP contribution in [0.1, 0.15) is 84.2 Å². The molecule has 1 aromatic carbocycles. The minimum absolute atomic E-state index is 0.0246. The fourth-order valence-electron chi connectivity index (χ4n) is 5.15. The van der Waals surface area contributed by atoms with Crippen molar-refractivity contribution in [2.75, 3.05) is 0 Å². The van der Waals surface area contributed by atoms with Crippen LogP contribution in [0.25, 0.3) is 6.08 Å². The molecule has 1 N–H and O–H groups in total. The molecule has 3 atom stereocenters. The molecule has 30 heavy (non-hydrogen) atoms. The Labute approximate surface area is 179 Å². The van der Waals surface area contributed by atoms with Crippen molar-refractivity contribution in [3.8, 4) is 0 Å². The Bertz CT molecular complexity index is 1100. The average molecular weight is 423 g/mol. The lowest BCUT2D eigenvalue weighted by Crippen LogP contribution is -2.44. The number of carbonyl (C=O) groups is 1. The monoisotopic (exact) mass is 422 g/mol. The molecule has 0 saturated carbocycles. The molecule has 0 spiro atoms. The highest BCUT2D eigenvalue weighted by atomic mass is 28.4. The van der Waals surface area contributed by atoms with Gasteiger partial charge in [-0.15, -0.1) is 0 Å². The normalized spacial score (nSPS) is 27.1. The summed E-state index contributed by atoms with van der Waals surface area (Å²) in [5.74, 6) is 0.321. The zero-order valence-electron chi connectivity index (χ0n) is 18.6. The van der Waals surface area contributed by atoms with Crippen molar-refractivity contribution < 1.29 is 18.7 Å². The number of furan rings is 1. The zero-order chi connectivity index (χ0) is 21.6. The number of aliphatic hydroxyl groups is 1. The quantitative estimate of drug-likeness (QED) is 0.647. The maximum absolute atomic E-state index is 13.5. The summed E-state index contributed by atoms with van der Waals surface area (Å²) in [6, 6.07) is 4.18. The molecule has 4 nitrogen and oxygen atoms in total. The fourth-order valence-corrected chi connectivity index (χ4v) is 6.46. The van der Waals surface area contributed by atoms with E-state index in [1.54, 1.807) is 12.3 Å². The molecule has 0 amide bonds. The van der Waals surface area contributed by atoms with Gasteiger partial charge >= 0.3 is 0 Å². The smallest absolute Gasteiger partial charge is 0.229 e. The van der Waals surface area contributed by atoms with E-state index in [-0.39, 0.29) is 16.9 Å². The molecule has 5 heteroatoms. The van der Waals surface area contributed by atoms with Crippen molar-refractivity contribution in [2.45, 2.75) is 76.3 Å². The third-order valence-electron chi connectivity index (χ3n) is 7.98. The van der Waals surface area contributed by atoms with Crippen LogP contribution in [0, 0.1) is 0 Å². The van der Waals surface area contributed by atoms with Gasteiger partial charge in [-0.3, -0.25) is 4.79 Å². The van der Waals surface area contributed by atoms with Gasteiger partial charge in [-0.2, -0.15) is 0 Å². The Morgan fingerprint density at radius 3 is 2.70 bits per heavy atom. The van der Waals surface area contributed by atoms with Crippen LogP contribution < -0.4 is 0 Å². The second-order valence-corrected chi connectivity index (χ2v) is 15.4. The second kappa shape index (κ2) is 6.06.